The number of aliphatic hydroxyl groups is 1. The molecule has 0 aliphatic heterocycles. The summed E-state index contributed by atoms with van der Waals surface area (Å²) in [6.45, 7) is 1.68. The molecule has 1 atom stereocenters. The van der Waals surface area contributed by atoms with Crippen molar-refractivity contribution in [1.29, 1.82) is 0 Å². The van der Waals surface area contributed by atoms with E-state index in [9.17, 15) is 9.50 Å². The van der Waals surface area contributed by atoms with Gasteiger partial charge in [0.05, 0.1) is 11.8 Å². The second-order valence-electron chi connectivity index (χ2n) is 4.90. The Morgan fingerprint density at radius 2 is 2.00 bits per heavy atom. The first-order valence-electron chi connectivity index (χ1n) is 6.30. The number of hydrogen-bond donors (Lipinski definition) is 1. The maximum absolute atomic E-state index is 14.0. The summed E-state index contributed by atoms with van der Waals surface area (Å²) in [6.07, 6.45) is 4.03. The summed E-state index contributed by atoms with van der Waals surface area (Å²) in [4.78, 5) is 2.00. The number of nitrogens with zero attached hydrogens (tertiary/aromatic N) is 1. The van der Waals surface area contributed by atoms with Gasteiger partial charge in [0.2, 0.25) is 0 Å². The summed E-state index contributed by atoms with van der Waals surface area (Å²) in [6, 6.07) is 5.33. The fourth-order valence-corrected chi connectivity index (χ4v) is 2.72. The molecule has 1 N–H and O–H groups in total. The summed E-state index contributed by atoms with van der Waals surface area (Å²) in [5.74, 6) is -0.238. The Kier molecular flexibility index (Phi) is 3.67. The van der Waals surface area contributed by atoms with Crippen LogP contribution in [0.5, 0.6) is 0 Å². The Hall–Kier alpha value is -1.09. The molecule has 94 valence electrons. The fourth-order valence-electron chi connectivity index (χ4n) is 2.72. The van der Waals surface area contributed by atoms with Crippen LogP contribution >= 0.6 is 0 Å². The summed E-state index contributed by atoms with van der Waals surface area (Å²) in [5.41, 5.74) is 1.24. The quantitative estimate of drug-likeness (QED) is 0.872. The normalized spacial score (nSPS) is 18.4. The minimum atomic E-state index is -0.635. The topological polar surface area (TPSA) is 23.5 Å². The third-order valence-electron chi connectivity index (χ3n) is 3.69. The average Bonchev–Trinajstić information content (AvgIpc) is 2.81. The highest BCUT2D eigenvalue weighted by Crippen LogP contribution is 2.33. The maximum Gasteiger partial charge on any atom is 0.146 e. The SMILES string of the molecule is C[C@@H](O)c1cccc(F)c1N(C)C1CCCC1. The number of hydrogen-bond acceptors (Lipinski definition) is 2. The van der Waals surface area contributed by atoms with Crippen LogP contribution in [0.15, 0.2) is 18.2 Å². The van der Waals surface area contributed by atoms with Crippen LogP contribution < -0.4 is 4.90 Å². The lowest BCUT2D eigenvalue weighted by Crippen LogP contribution is -2.30. The van der Waals surface area contributed by atoms with Gasteiger partial charge in [-0.3, -0.25) is 0 Å². The molecule has 2 nitrogen and oxygen atoms in total. The van der Waals surface area contributed by atoms with Gasteiger partial charge in [-0.25, -0.2) is 4.39 Å². The monoisotopic (exact) mass is 237 g/mol. The zero-order valence-corrected chi connectivity index (χ0v) is 10.5. The highest BCUT2D eigenvalue weighted by molar-refractivity contribution is 5.56. The molecular formula is C14H20FNO. The standard InChI is InChI=1S/C14H20FNO/c1-10(17)12-8-5-9-13(15)14(12)16(2)11-6-3-4-7-11/h5,8-11,17H,3-4,6-7H2,1-2H3/t10-/m1/s1. The second kappa shape index (κ2) is 5.05. The highest BCUT2D eigenvalue weighted by Gasteiger charge is 2.24. The van der Waals surface area contributed by atoms with Crippen LogP contribution in [0.3, 0.4) is 0 Å². The van der Waals surface area contributed by atoms with E-state index in [1.54, 1.807) is 19.1 Å². The van der Waals surface area contributed by atoms with Crippen LogP contribution in [0.25, 0.3) is 0 Å². The van der Waals surface area contributed by atoms with E-state index in [1.165, 1.54) is 18.9 Å². The van der Waals surface area contributed by atoms with E-state index in [0.29, 0.717) is 17.3 Å². The van der Waals surface area contributed by atoms with Crippen LogP contribution in [0.2, 0.25) is 0 Å². The predicted octanol–water partition coefficient (Wildman–Crippen LogP) is 3.26. The largest absolute Gasteiger partial charge is 0.389 e. The van der Waals surface area contributed by atoms with E-state index in [2.05, 4.69) is 0 Å². The first-order chi connectivity index (χ1) is 8.11. The Balaban J connectivity index is 2.35. The van der Waals surface area contributed by atoms with Crippen LogP contribution in [0.4, 0.5) is 10.1 Å². The Morgan fingerprint density at radius 3 is 2.59 bits per heavy atom. The molecule has 2 rings (SSSR count). The first kappa shape index (κ1) is 12.4. The molecule has 0 aromatic heterocycles. The smallest absolute Gasteiger partial charge is 0.146 e. The summed E-state index contributed by atoms with van der Waals surface area (Å²) in [7, 11) is 1.93. The molecular weight excluding hydrogens is 217 g/mol. The van der Waals surface area contributed by atoms with Gasteiger partial charge in [0.25, 0.3) is 0 Å². The Labute approximate surface area is 102 Å². The van der Waals surface area contributed by atoms with Gasteiger partial charge in [0.15, 0.2) is 0 Å². The number of halogens is 1. The van der Waals surface area contributed by atoms with E-state index in [0.717, 1.165) is 12.8 Å². The molecule has 1 fully saturated rings. The molecule has 0 heterocycles. The van der Waals surface area contributed by atoms with Gasteiger partial charge >= 0.3 is 0 Å². The lowest BCUT2D eigenvalue weighted by molar-refractivity contribution is 0.199. The van der Waals surface area contributed by atoms with Crippen molar-refractivity contribution < 1.29 is 9.50 Å². The lowest BCUT2D eigenvalue weighted by Gasteiger charge is -2.29. The fraction of sp³-hybridized carbons (Fsp3) is 0.571. The van der Waals surface area contributed by atoms with Crippen molar-refractivity contribution in [2.24, 2.45) is 0 Å². The van der Waals surface area contributed by atoms with E-state index < -0.39 is 6.10 Å². The van der Waals surface area contributed by atoms with Gasteiger partial charge < -0.3 is 10.0 Å². The summed E-state index contributed by atoms with van der Waals surface area (Å²) < 4.78 is 14.0. The molecule has 1 aliphatic rings. The van der Waals surface area contributed by atoms with Gasteiger partial charge in [-0.2, -0.15) is 0 Å². The van der Waals surface area contributed by atoms with Crippen molar-refractivity contribution in [3.8, 4) is 0 Å². The molecule has 3 heteroatoms. The van der Waals surface area contributed by atoms with Crippen LogP contribution in [-0.2, 0) is 0 Å². The van der Waals surface area contributed by atoms with Crippen molar-refractivity contribution in [2.75, 3.05) is 11.9 Å². The van der Waals surface area contributed by atoms with E-state index >= 15 is 0 Å². The van der Waals surface area contributed by atoms with E-state index in [1.807, 2.05) is 11.9 Å². The van der Waals surface area contributed by atoms with Crippen molar-refractivity contribution in [2.45, 2.75) is 44.8 Å². The zero-order valence-electron chi connectivity index (χ0n) is 10.5. The average molecular weight is 237 g/mol. The summed E-state index contributed by atoms with van der Waals surface area (Å²) >= 11 is 0. The molecule has 0 bridgehead atoms. The molecule has 0 spiro atoms. The lowest BCUT2D eigenvalue weighted by atomic mass is 10.1. The Morgan fingerprint density at radius 1 is 1.35 bits per heavy atom. The third-order valence-corrected chi connectivity index (χ3v) is 3.69. The minimum absolute atomic E-state index is 0.238. The van der Waals surface area contributed by atoms with E-state index in [-0.39, 0.29) is 5.82 Å². The van der Waals surface area contributed by atoms with Crippen molar-refractivity contribution >= 4 is 5.69 Å². The molecule has 0 saturated heterocycles. The summed E-state index contributed by atoms with van der Waals surface area (Å²) in [5, 5.41) is 9.73. The number of aliphatic hydroxyl groups excluding tert-OH is 1. The first-order valence-corrected chi connectivity index (χ1v) is 6.30. The van der Waals surface area contributed by atoms with Crippen molar-refractivity contribution in [3.05, 3.63) is 29.6 Å². The molecule has 1 aliphatic carbocycles. The zero-order chi connectivity index (χ0) is 12.4. The molecule has 1 saturated carbocycles. The molecule has 0 radical (unpaired) electrons. The van der Waals surface area contributed by atoms with E-state index in [4.69, 9.17) is 0 Å². The highest BCUT2D eigenvalue weighted by atomic mass is 19.1. The third kappa shape index (κ3) is 2.44. The van der Waals surface area contributed by atoms with Crippen LogP contribution in [0.1, 0.15) is 44.3 Å². The minimum Gasteiger partial charge on any atom is -0.389 e. The molecule has 17 heavy (non-hydrogen) atoms. The van der Waals surface area contributed by atoms with Gasteiger partial charge in [-0.05, 0) is 25.8 Å². The molecule has 1 aromatic rings. The second-order valence-corrected chi connectivity index (χ2v) is 4.90. The van der Waals surface area contributed by atoms with Crippen molar-refractivity contribution in [1.82, 2.24) is 0 Å². The molecule has 0 amide bonds. The number of benzene rings is 1. The van der Waals surface area contributed by atoms with Gasteiger partial charge in [0, 0.05) is 18.7 Å². The van der Waals surface area contributed by atoms with Crippen LogP contribution in [-0.4, -0.2) is 18.2 Å². The van der Waals surface area contributed by atoms with Gasteiger partial charge in [-0.1, -0.05) is 25.0 Å². The van der Waals surface area contributed by atoms with Crippen molar-refractivity contribution in [3.63, 3.8) is 0 Å². The van der Waals surface area contributed by atoms with Gasteiger partial charge in [-0.15, -0.1) is 0 Å². The molecule has 0 unspecified atom stereocenters. The predicted molar refractivity (Wildman–Crippen MR) is 67.7 cm³/mol. The maximum atomic E-state index is 14.0. The van der Waals surface area contributed by atoms with Gasteiger partial charge in [0.1, 0.15) is 5.82 Å². The number of anilines is 1. The Bertz CT molecular complexity index is 386. The van der Waals surface area contributed by atoms with Crippen LogP contribution in [0, 0.1) is 5.82 Å². The number of rotatable bonds is 3. The molecule has 1 aromatic carbocycles. The number of para-hydroxylation sites is 1.